The summed E-state index contributed by atoms with van der Waals surface area (Å²) in [5, 5.41) is 2.52. The third kappa shape index (κ3) is 5.83. The van der Waals surface area contributed by atoms with Crippen molar-refractivity contribution >= 4 is 23.4 Å². The van der Waals surface area contributed by atoms with Crippen LogP contribution in [0.15, 0.2) is 29.2 Å². The Balaban J connectivity index is 2.74. The van der Waals surface area contributed by atoms with E-state index in [-0.39, 0.29) is 40.6 Å². The molecule has 1 amide bonds. The van der Waals surface area contributed by atoms with Gasteiger partial charge in [0.1, 0.15) is 0 Å². The van der Waals surface area contributed by atoms with Crippen molar-refractivity contribution in [3.8, 4) is 0 Å². The fourth-order valence-corrected chi connectivity index (χ4v) is 2.27. The van der Waals surface area contributed by atoms with Gasteiger partial charge in [-0.25, -0.2) is 0 Å². The maximum atomic E-state index is 12.4. The van der Waals surface area contributed by atoms with Gasteiger partial charge < -0.3 is 11.1 Å². The van der Waals surface area contributed by atoms with E-state index >= 15 is 0 Å². The molecule has 1 aromatic carbocycles. The second kappa shape index (κ2) is 7.54. The molecule has 1 unspecified atom stereocenters. The highest BCUT2D eigenvalue weighted by Gasteiger charge is 2.30. The Bertz CT molecular complexity index is 447. The van der Waals surface area contributed by atoms with Gasteiger partial charge in [0.15, 0.2) is 0 Å². The number of rotatable bonds is 6. The first-order chi connectivity index (χ1) is 9.35. The van der Waals surface area contributed by atoms with E-state index in [0.29, 0.717) is 6.54 Å². The van der Waals surface area contributed by atoms with Crippen LogP contribution >= 0.6 is 11.8 Å². The Kier molecular flexibility index (Phi) is 6.35. The Labute approximate surface area is 120 Å². The van der Waals surface area contributed by atoms with Crippen LogP contribution in [0.1, 0.15) is 19.8 Å². The first kappa shape index (κ1) is 16.8. The average molecular weight is 306 g/mol. The molecule has 1 aromatic rings. The van der Waals surface area contributed by atoms with E-state index < -0.39 is 5.51 Å². The maximum Gasteiger partial charge on any atom is 0.446 e. The van der Waals surface area contributed by atoms with Crippen LogP contribution in [-0.4, -0.2) is 18.0 Å². The molecular weight excluding hydrogens is 289 g/mol. The molecule has 0 aromatic heterocycles. The van der Waals surface area contributed by atoms with E-state index in [0.717, 1.165) is 6.42 Å². The van der Waals surface area contributed by atoms with Gasteiger partial charge in [-0.15, -0.1) is 0 Å². The summed E-state index contributed by atoms with van der Waals surface area (Å²) in [6.07, 6.45) is 0.959. The lowest BCUT2D eigenvalue weighted by Gasteiger charge is -2.14. The van der Waals surface area contributed by atoms with Gasteiger partial charge in [0, 0.05) is 11.3 Å². The number of nitrogens with two attached hydrogens (primary N) is 1. The van der Waals surface area contributed by atoms with Crippen molar-refractivity contribution in [3.05, 3.63) is 24.3 Å². The number of hydrogen-bond donors (Lipinski definition) is 2. The van der Waals surface area contributed by atoms with Gasteiger partial charge in [-0.05, 0) is 36.4 Å². The van der Waals surface area contributed by atoms with Gasteiger partial charge >= 0.3 is 5.51 Å². The van der Waals surface area contributed by atoms with Gasteiger partial charge in [0.2, 0.25) is 5.91 Å². The van der Waals surface area contributed by atoms with E-state index in [1.807, 2.05) is 6.92 Å². The van der Waals surface area contributed by atoms with Crippen LogP contribution in [0.2, 0.25) is 0 Å². The van der Waals surface area contributed by atoms with Crippen molar-refractivity contribution in [3.63, 3.8) is 0 Å². The number of para-hydroxylation sites is 1. The molecule has 112 valence electrons. The Hall–Kier alpha value is -1.21. The lowest BCUT2D eigenvalue weighted by Crippen LogP contribution is -2.22. The quantitative estimate of drug-likeness (QED) is 0.789. The van der Waals surface area contributed by atoms with Crippen molar-refractivity contribution in [1.82, 2.24) is 0 Å². The molecule has 0 aliphatic heterocycles. The molecule has 0 radical (unpaired) electrons. The van der Waals surface area contributed by atoms with Gasteiger partial charge in [-0.2, -0.15) is 13.2 Å². The largest absolute Gasteiger partial charge is 0.446 e. The summed E-state index contributed by atoms with van der Waals surface area (Å²) >= 11 is -0.240. The molecular formula is C13H17F3N2OS. The number of anilines is 1. The van der Waals surface area contributed by atoms with E-state index in [1.165, 1.54) is 18.2 Å². The molecule has 3 N–H and O–H groups in total. The number of carbonyl (C=O) groups excluding carboxylic acids is 1. The van der Waals surface area contributed by atoms with Crippen LogP contribution < -0.4 is 11.1 Å². The van der Waals surface area contributed by atoms with Crippen LogP contribution in [0.4, 0.5) is 18.9 Å². The molecule has 1 atom stereocenters. The molecule has 0 spiro atoms. The number of hydrogen-bond acceptors (Lipinski definition) is 3. The number of halogens is 3. The summed E-state index contributed by atoms with van der Waals surface area (Å²) in [7, 11) is 0. The van der Waals surface area contributed by atoms with E-state index in [4.69, 9.17) is 5.73 Å². The molecule has 0 saturated carbocycles. The van der Waals surface area contributed by atoms with Crippen molar-refractivity contribution in [2.45, 2.75) is 30.2 Å². The zero-order chi connectivity index (χ0) is 15.2. The van der Waals surface area contributed by atoms with E-state index in [1.54, 1.807) is 6.07 Å². The average Bonchev–Trinajstić information content (AvgIpc) is 2.36. The SMILES string of the molecule is CCC(CN)CC(=O)Nc1ccccc1SC(F)(F)F. The highest BCUT2D eigenvalue weighted by atomic mass is 32.2. The van der Waals surface area contributed by atoms with Gasteiger partial charge in [-0.3, -0.25) is 4.79 Å². The third-order valence-electron chi connectivity index (χ3n) is 2.77. The smallest absolute Gasteiger partial charge is 0.330 e. The minimum Gasteiger partial charge on any atom is -0.330 e. The summed E-state index contributed by atoms with van der Waals surface area (Å²) in [6.45, 7) is 2.29. The zero-order valence-corrected chi connectivity index (χ0v) is 11.9. The fourth-order valence-electron chi connectivity index (χ4n) is 1.64. The minimum absolute atomic E-state index is 0.0193. The van der Waals surface area contributed by atoms with Crippen molar-refractivity contribution in [2.24, 2.45) is 11.7 Å². The topological polar surface area (TPSA) is 55.1 Å². The van der Waals surface area contributed by atoms with E-state index in [2.05, 4.69) is 5.32 Å². The Morgan fingerprint density at radius 1 is 1.40 bits per heavy atom. The predicted molar refractivity (Wildman–Crippen MR) is 74.4 cm³/mol. The summed E-state index contributed by atoms with van der Waals surface area (Å²) in [4.78, 5) is 11.8. The molecule has 0 fully saturated rings. The predicted octanol–water partition coefficient (Wildman–Crippen LogP) is 3.61. The number of benzene rings is 1. The van der Waals surface area contributed by atoms with Crippen LogP contribution in [0.3, 0.4) is 0 Å². The molecule has 3 nitrogen and oxygen atoms in total. The normalized spacial score (nSPS) is 13.1. The van der Waals surface area contributed by atoms with Crippen LogP contribution in [0.25, 0.3) is 0 Å². The lowest BCUT2D eigenvalue weighted by molar-refractivity contribution is -0.117. The molecule has 0 aliphatic rings. The lowest BCUT2D eigenvalue weighted by atomic mass is 10.0. The van der Waals surface area contributed by atoms with Crippen LogP contribution in [0, 0.1) is 5.92 Å². The van der Waals surface area contributed by atoms with E-state index in [9.17, 15) is 18.0 Å². The molecule has 0 aliphatic carbocycles. The van der Waals surface area contributed by atoms with Crippen LogP contribution in [0.5, 0.6) is 0 Å². The summed E-state index contributed by atoms with van der Waals surface area (Å²) in [5.74, 6) is -0.282. The molecule has 1 rings (SSSR count). The third-order valence-corrected chi connectivity index (χ3v) is 3.58. The van der Waals surface area contributed by atoms with Crippen molar-refractivity contribution in [2.75, 3.05) is 11.9 Å². The zero-order valence-electron chi connectivity index (χ0n) is 11.0. The number of carbonyl (C=O) groups is 1. The summed E-state index contributed by atoms with van der Waals surface area (Å²) in [5.41, 5.74) is 1.29. The second-order valence-corrected chi connectivity index (χ2v) is 5.41. The Morgan fingerprint density at radius 2 is 2.05 bits per heavy atom. The first-order valence-electron chi connectivity index (χ1n) is 6.20. The summed E-state index contributed by atoms with van der Waals surface area (Å²) in [6, 6.07) is 5.86. The number of nitrogens with one attached hydrogen (secondary N) is 1. The van der Waals surface area contributed by atoms with Gasteiger partial charge in [-0.1, -0.05) is 25.5 Å². The van der Waals surface area contributed by atoms with Gasteiger partial charge in [0.25, 0.3) is 0 Å². The second-order valence-electron chi connectivity index (χ2n) is 4.31. The number of thioether (sulfide) groups is 1. The molecule has 0 saturated heterocycles. The monoisotopic (exact) mass is 306 g/mol. The summed E-state index contributed by atoms with van der Waals surface area (Å²) < 4.78 is 37.2. The van der Waals surface area contributed by atoms with Crippen molar-refractivity contribution in [1.29, 1.82) is 0 Å². The maximum absolute atomic E-state index is 12.4. The highest BCUT2D eigenvalue weighted by Crippen LogP contribution is 2.40. The molecule has 20 heavy (non-hydrogen) atoms. The minimum atomic E-state index is -4.38. The molecule has 0 heterocycles. The highest BCUT2D eigenvalue weighted by molar-refractivity contribution is 8.00. The number of amides is 1. The molecule has 7 heteroatoms. The van der Waals surface area contributed by atoms with Crippen molar-refractivity contribution < 1.29 is 18.0 Å². The number of alkyl halides is 3. The molecule has 0 bridgehead atoms. The fraction of sp³-hybridized carbons (Fsp3) is 0.462. The van der Waals surface area contributed by atoms with Crippen LogP contribution in [-0.2, 0) is 4.79 Å². The standard InChI is InChI=1S/C13H17F3N2OS/c1-2-9(8-17)7-12(19)18-10-5-3-4-6-11(10)20-13(14,15)16/h3-6,9H,2,7-8,17H2,1H3,(H,18,19). The van der Waals surface area contributed by atoms with Gasteiger partial charge in [0.05, 0.1) is 5.69 Å². The first-order valence-corrected chi connectivity index (χ1v) is 7.02. The Morgan fingerprint density at radius 3 is 2.60 bits per heavy atom.